The summed E-state index contributed by atoms with van der Waals surface area (Å²) in [4.78, 5) is 4.40. The van der Waals surface area contributed by atoms with E-state index in [4.69, 9.17) is 5.84 Å². The van der Waals surface area contributed by atoms with Gasteiger partial charge in [0.1, 0.15) is 0 Å². The minimum atomic E-state index is 0.369. The second-order valence-corrected chi connectivity index (χ2v) is 3.70. The topological polar surface area (TPSA) is 62.4 Å². The van der Waals surface area contributed by atoms with Gasteiger partial charge in [-0.25, -0.2) is 10.8 Å². The maximum atomic E-state index is 5.30. The SMILES string of the molecule is CC(C)NC(=NC1CC1C)NN. The summed E-state index contributed by atoms with van der Waals surface area (Å²) in [5, 5.41) is 3.14. The molecule has 0 radical (unpaired) electrons. The van der Waals surface area contributed by atoms with Crippen LogP contribution in [0.2, 0.25) is 0 Å². The molecule has 1 fully saturated rings. The van der Waals surface area contributed by atoms with Gasteiger partial charge in [-0.1, -0.05) is 6.92 Å². The number of rotatable bonds is 2. The first kappa shape index (κ1) is 9.32. The van der Waals surface area contributed by atoms with Crippen molar-refractivity contribution in [3.8, 4) is 0 Å². The van der Waals surface area contributed by atoms with Crippen LogP contribution in [-0.4, -0.2) is 18.0 Å². The fraction of sp³-hybridized carbons (Fsp3) is 0.875. The lowest BCUT2D eigenvalue weighted by Crippen LogP contribution is -2.44. The number of hydrogen-bond donors (Lipinski definition) is 3. The summed E-state index contributed by atoms with van der Waals surface area (Å²) >= 11 is 0. The summed E-state index contributed by atoms with van der Waals surface area (Å²) in [6.45, 7) is 6.31. The van der Waals surface area contributed by atoms with Gasteiger partial charge in [0.25, 0.3) is 0 Å². The van der Waals surface area contributed by atoms with Crippen LogP contribution in [0.5, 0.6) is 0 Å². The number of nitrogens with one attached hydrogen (secondary N) is 2. The van der Waals surface area contributed by atoms with E-state index < -0.39 is 0 Å². The molecule has 0 aliphatic heterocycles. The highest BCUT2D eigenvalue weighted by molar-refractivity contribution is 5.79. The smallest absolute Gasteiger partial charge is 0.206 e. The third-order valence-electron chi connectivity index (χ3n) is 1.92. The van der Waals surface area contributed by atoms with Crippen molar-refractivity contribution < 1.29 is 0 Å². The molecule has 1 saturated carbocycles. The van der Waals surface area contributed by atoms with Crippen LogP contribution in [0.1, 0.15) is 27.2 Å². The second kappa shape index (κ2) is 3.76. The van der Waals surface area contributed by atoms with Gasteiger partial charge < -0.3 is 5.32 Å². The van der Waals surface area contributed by atoms with Gasteiger partial charge in [-0.2, -0.15) is 0 Å². The summed E-state index contributed by atoms with van der Waals surface area (Å²) < 4.78 is 0. The Morgan fingerprint density at radius 1 is 1.58 bits per heavy atom. The number of aliphatic imine (C=N–C) groups is 1. The predicted octanol–water partition coefficient (Wildman–Crippen LogP) is 0.212. The van der Waals surface area contributed by atoms with Crippen molar-refractivity contribution in [3.63, 3.8) is 0 Å². The lowest BCUT2D eigenvalue weighted by Gasteiger charge is -2.11. The molecule has 4 N–H and O–H groups in total. The highest BCUT2D eigenvalue weighted by atomic mass is 15.3. The summed E-state index contributed by atoms with van der Waals surface area (Å²) in [6.07, 6.45) is 1.19. The Morgan fingerprint density at radius 2 is 2.17 bits per heavy atom. The van der Waals surface area contributed by atoms with Crippen molar-refractivity contribution in [1.82, 2.24) is 10.7 Å². The van der Waals surface area contributed by atoms with Gasteiger partial charge in [0, 0.05) is 6.04 Å². The molecule has 0 amide bonds. The minimum Gasteiger partial charge on any atom is -0.353 e. The normalized spacial score (nSPS) is 28.9. The number of guanidine groups is 1. The van der Waals surface area contributed by atoms with Crippen molar-refractivity contribution in [3.05, 3.63) is 0 Å². The van der Waals surface area contributed by atoms with Gasteiger partial charge in [-0.3, -0.25) is 5.43 Å². The van der Waals surface area contributed by atoms with E-state index in [9.17, 15) is 0 Å². The van der Waals surface area contributed by atoms with Gasteiger partial charge in [0.05, 0.1) is 6.04 Å². The molecule has 2 unspecified atom stereocenters. The van der Waals surface area contributed by atoms with Gasteiger partial charge in [-0.05, 0) is 26.2 Å². The molecule has 4 nitrogen and oxygen atoms in total. The molecule has 0 aromatic rings. The first-order chi connectivity index (χ1) is 5.63. The minimum absolute atomic E-state index is 0.369. The van der Waals surface area contributed by atoms with E-state index in [1.807, 2.05) is 0 Å². The molecule has 0 bridgehead atoms. The largest absolute Gasteiger partial charge is 0.353 e. The molecule has 4 heteroatoms. The van der Waals surface area contributed by atoms with Crippen LogP contribution >= 0.6 is 0 Å². The number of nitrogens with zero attached hydrogens (tertiary/aromatic N) is 1. The fourth-order valence-electron chi connectivity index (χ4n) is 1.04. The standard InChI is InChI=1S/C8H18N4/c1-5(2)10-8(12-9)11-7-4-6(7)3/h5-7H,4,9H2,1-3H3,(H2,10,11,12). The molecule has 0 spiro atoms. The molecule has 0 heterocycles. The van der Waals surface area contributed by atoms with E-state index in [1.165, 1.54) is 6.42 Å². The van der Waals surface area contributed by atoms with E-state index in [-0.39, 0.29) is 0 Å². The van der Waals surface area contributed by atoms with Crippen molar-refractivity contribution in [2.24, 2.45) is 16.8 Å². The molecule has 70 valence electrons. The second-order valence-electron chi connectivity index (χ2n) is 3.70. The van der Waals surface area contributed by atoms with Crippen molar-refractivity contribution >= 4 is 5.96 Å². The van der Waals surface area contributed by atoms with Crippen LogP contribution < -0.4 is 16.6 Å². The third-order valence-corrected chi connectivity index (χ3v) is 1.92. The molecule has 1 rings (SSSR count). The molecule has 1 aliphatic carbocycles. The quantitative estimate of drug-likeness (QED) is 0.240. The van der Waals surface area contributed by atoms with Gasteiger partial charge in [0.15, 0.2) is 0 Å². The lowest BCUT2D eigenvalue weighted by molar-refractivity contribution is 0.699. The monoisotopic (exact) mass is 170 g/mol. The highest BCUT2D eigenvalue weighted by Crippen LogP contribution is 2.32. The van der Waals surface area contributed by atoms with Crippen molar-refractivity contribution in [1.29, 1.82) is 0 Å². The number of hydrazine groups is 1. The van der Waals surface area contributed by atoms with Crippen LogP contribution in [0, 0.1) is 5.92 Å². The van der Waals surface area contributed by atoms with Crippen LogP contribution in [0.4, 0.5) is 0 Å². The molecule has 2 atom stereocenters. The van der Waals surface area contributed by atoms with Crippen LogP contribution in [0.25, 0.3) is 0 Å². The lowest BCUT2D eigenvalue weighted by atomic mass is 10.4. The molecule has 0 aromatic heterocycles. The summed E-state index contributed by atoms with van der Waals surface area (Å²) in [6, 6.07) is 0.844. The predicted molar refractivity (Wildman–Crippen MR) is 50.6 cm³/mol. The van der Waals surface area contributed by atoms with Gasteiger partial charge in [-0.15, -0.1) is 0 Å². The average molecular weight is 170 g/mol. The van der Waals surface area contributed by atoms with Crippen LogP contribution in [0.15, 0.2) is 4.99 Å². The number of hydrogen-bond acceptors (Lipinski definition) is 2. The average Bonchev–Trinajstić information content (AvgIpc) is 2.64. The Hall–Kier alpha value is -0.770. The zero-order chi connectivity index (χ0) is 9.14. The zero-order valence-corrected chi connectivity index (χ0v) is 7.96. The van der Waals surface area contributed by atoms with E-state index in [0.717, 1.165) is 5.92 Å². The Balaban J connectivity index is 2.38. The van der Waals surface area contributed by atoms with Crippen molar-refractivity contribution in [2.75, 3.05) is 0 Å². The van der Waals surface area contributed by atoms with E-state index in [1.54, 1.807) is 0 Å². The van der Waals surface area contributed by atoms with Crippen LogP contribution in [0.3, 0.4) is 0 Å². The summed E-state index contributed by atoms with van der Waals surface area (Å²) in [5.41, 5.74) is 2.56. The molecule has 12 heavy (non-hydrogen) atoms. The Morgan fingerprint density at radius 3 is 2.50 bits per heavy atom. The Labute approximate surface area is 73.6 Å². The summed E-state index contributed by atoms with van der Waals surface area (Å²) in [7, 11) is 0. The summed E-state index contributed by atoms with van der Waals surface area (Å²) in [5.74, 6) is 6.73. The first-order valence-electron chi connectivity index (χ1n) is 4.44. The molecular weight excluding hydrogens is 152 g/mol. The maximum absolute atomic E-state index is 5.30. The van der Waals surface area contributed by atoms with E-state index >= 15 is 0 Å². The fourth-order valence-corrected chi connectivity index (χ4v) is 1.04. The molecular formula is C8H18N4. The van der Waals surface area contributed by atoms with E-state index in [0.29, 0.717) is 18.0 Å². The highest BCUT2D eigenvalue weighted by Gasteiger charge is 2.32. The number of nitrogens with two attached hydrogens (primary N) is 1. The van der Waals surface area contributed by atoms with Gasteiger partial charge in [0.2, 0.25) is 5.96 Å². The molecule has 0 saturated heterocycles. The molecule has 1 aliphatic rings. The van der Waals surface area contributed by atoms with Crippen LogP contribution in [-0.2, 0) is 0 Å². The third kappa shape index (κ3) is 2.70. The molecule has 0 aromatic carbocycles. The Bertz CT molecular complexity index is 176. The maximum Gasteiger partial charge on any atom is 0.206 e. The first-order valence-corrected chi connectivity index (χ1v) is 4.44. The van der Waals surface area contributed by atoms with Gasteiger partial charge >= 0.3 is 0 Å². The zero-order valence-electron chi connectivity index (χ0n) is 7.96. The van der Waals surface area contributed by atoms with Crippen molar-refractivity contribution in [2.45, 2.75) is 39.3 Å². The Kier molecular flexibility index (Phi) is 2.92. The van der Waals surface area contributed by atoms with E-state index in [2.05, 4.69) is 36.5 Å².